The van der Waals surface area contributed by atoms with Crippen LogP contribution in [-0.4, -0.2) is 31.8 Å². The van der Waals surface area contributed by atoms with E-state index in [4.69, 9.17) is 4.74 Å². The lowest BCUT2D eigenvalue weighted by molar-refractivity contribution is 0.0581. The van der Waals surface area contributed by atoms with Gasteiger partial charge < -0.3 is 14.4 Å². The Kier molecular flexibility index (Phi) is 4.02. The van der Waals surface area contributed by atoms with Crippen molar-refractivity contribution in [3.63, 3.8) is 0 Å². The van der Waals surface area contributed by atoms with Crippen LogP contribution in [-0.2, 0) is 24.3 Å². The Morgan fingerprint density at radius 1 is 1.41 bits per heavy atom. The first-order valence-electron chi connectivity index (χ1n) is 7.83. The van der Waals surface area contributed by atoms with Gasteiger partial charge in [-0.3, -0.25) is 4.98 Å². The molecule has 0 saturated carbocycles. The van der Waals surface area contributed by atoms with E-state index >= 15 is 0 Å². The highest BCUT2D eigenvalue weighted by Gasteiger charge is 2.22. The second-order valence-corrected chi connectivity index (χ2v) is 6.36. The van der Waals surface area contributed by atoms with Crippen LogP contribution < -0.4 is 0 Å². The highest BCUT2D eigenvalue weighted by atomic mass is 16.5. The zero-order valence-electron chi connectivity index (χ0n) is 13.5. The SMILES string of the molecule is CCOCc1nc2cnc3c(c2n1CC(C)(C)O)CCC=C3. The molecule has 1 N–H and O–H groups in total. The lowest BCUT2D eigenvalue weighted by atomic mass is 10.0. The summed E-state index contributed by atoms with van der Waals surface area (Å²) in [6.07, 6.45) is 8.02. The van der Waals surface area contributed by atoms with Crippen molar-refractivity contribution in [3.05, 3.63) is 29.4 Å². The molecular formula is C17H23N3O2. The molecule has 5 heteroatoms. The van der Waals surface area contributed by atoms with Crippen LogP contribution in [0.2, 0.25) is 0 Å². The highest BCUT2D eigenvalue weighted by molar-refractivity contribution is 5.82. The van der Waals surface area contributed by atoms with Crippen LogP contribution in [0.1, 0.15) is 44.3 Å². The normalized spacial score (nSPS) is 14.5. The van der Waals surface area contributed by atoms with Gasteiger partial charge in [0.2, 0.25) is 0 Å². The zero-order chi connectivity index (χ0) is 15.7. The van der Waals surface area contributed by atoms with Crippen LogP contribution in [0, 0.1) is 0 Å². The summed E-state index contributed by atoms with van der Waals surface area (Å²) in [4.78, 5) is 9.20. The van der Waals surface area contributed by atoms with Crippen LogP contribution in [0.4, 0.5) is 0 Å². The number of fused-ring (bicyclic) bond motifs is 3. The van der Waals surface area contributed by atoms with Crippen LogP contribution in [0.25, 0.3) is 17.1 Å². The summed E-state index contributed by atoms with van der Waals surface area (Å²) in [7, 11) is 0. The number of nitrogens with zero attached hydrogens (tertiary/aromatic N) is 3. The van der Waals surface area contributed by atoms with Crippen molar-refractivity contribution in [3.8, 4) is 0 Å². The first kappa shape index (κ1) is 15.2. The molecule has 0 unspecified atom stereocenters. The van der Waals surface area contributed by atoms with Crippen molar-refractivity contribution in [1.82, 2.24) is 14.5 Å². The molecule has 0 saturated heterocycles. The van der Waals surface area contributed by atoms with Crippen molar-refractivity contribution >= 4 is 17.1 Å². The number of aromatic nitrogens is 3. The molecular weight excluding hydrogens is 278 g/mol. The third-order valence-electron chi connectivity index (χ3n) is 3.81. The van der Waals surface area contributed by atoms with Crippen molar-refractivity contribution in [2.24, 2.45) is 0 Å². The minimum atomic E-state index is -0.810. The van der Waals surface area contributed by atoms with Gasteiger partial charge in [0.05, 0.1) is 29.6 Å². The van der Waals surface area contributed by atoms with E-state index < -0.39 is 5.60 Å². The predicted molar refractivity (Wildman–Crippen MR) is 86.5 cm³/mol. The van der Waals surface area contributed by atoms with E-state index in [-0.39, 0.29) is 0 Å². The fourth-order valence-electron chi connectivity index (χ4n) is 2.93. The van der Waals surface area contributed by atoms with Gasteiger partial charge in [0.15, 0.2) is 0 Å². The van der Waals surface area contributed by atoms with Gasteiger partial charge in [-0.15, -0.1) is 0 Å². The molecule has 2 aromatic rings. The van der Waals surface area contributed by atoms with Crippen molar-refractivity contribution < 1.29 is 9.84 Å². The minimum Gasteiger partial charge on any atom is -0.389 e. The van der Waals surface area contributed by atoms with Crippen LogP contribution in [0.5, 0.6) is 0 Å². The number of hydrogen-bond acceptors (Lipinski definition) is 4. The Bertz CT molecular complexity index is 711. The summed E-state index contributed by atoms with van der Waals surface area (Å²) >= 11 is 0. The molecule has 22 heavy (non-hydrogen) atoms. The fraction of sp³-hybridized carbons (Fsp3) is 0.529. The van der Waals surface area contributed by atoms with E-state index in [1.165, 1.54) is 5.56 Å². The Hall–Kier alpha value is -1.72. The Labute approximate surface area is 130 Å². The van der Waals surface area contributed by atoms with Gasteiger partial charge in [-0.1, -0.05) is 6.08 Å². The number of ether oxygens (including phenoxy) is 1. The smallest absolute Gasteiger partial charge is 0.136 e. The molecule has 0 amide bonds. The molecule has 0 spiro atoms. The van der Waals surface area contributed by atoms with E-state index in [9.17, 15) is 5.11 Å². The van der Waals surface area contributed by atoms with E-state index in [1.54, 1.807) is 0 Å². The number of aliphatic hydroxyl groups is 1. The maximum atomic E-state index is 10.3. The fourth-order valence-corrected chi connectivity index (χ4v) is 2.93. The first-order chi connectivity index (χ1) is 10.5. The van der Waals surface area contributed by atoms with Crippen LogP contribution in [0.15, 0.2) is 12.3 Å². The quantitative estimate of drug-likeness (QED) is 0.922. The van der Waals surface area contributed by atoms with Gasteiger partial charge in [0.25, 0.3) is 0 Å². The number of allylic oxidation sites excluding steroid dienone is 1. The molecule has 2 heterocycles. The van der Waals surface area contributed by atoms with Crippen LogP contribution in [0.3, 0.4) is 0 Å². The molecule has 0 bridgehead atoms. The van der Waals surface area contributed by atoms with Gasteiger partial charge in [0, 0.05) is 12.2 Å². The van der Waals surface area contributed by atoms with Crippen molar-refractivity contribution in [2.45, 2.75) is 52.4 Å². The van der Waals surface area contributed by atoms with Gasteiger partial charge in [-0.25, -0.2) is 4.98 Å². The van der Waals surface area contributed by atoms with E-state index in [1.807, 2.05) is 27.0 Å². The molecule has 0 aliphatic heterocycles. The van der Waals surface area contributed by atoms with Crippen molar-refractivity contribution in [2.75, 3.05) is 6.61 Å². The summed E-state index contributed by atoms with van der Waals surface area (Å²) < 4.78 is 7.65. The predicted octanol–water partition coefficient (Wildman–Crippen LogP) is 2.70. The molecule has 0 atom stereocenters. The third-order valence-corrected chi connectivity index (χ3v) is 3.81. The average Bonchev–Trinajstić information content (AvgIpc) is 2.81. The van der Waals surface area contributed by atoms with E-state index in [2.05, 4.69) is 26.7 Å². The Balaban J connectivity index is 2.18. The molecule has 2 aromatic heterocycles. The summed E-state index contributed by atoms with van der Waals surface area (Å²) in [6, 6.07) is 0. The van der Waals surface area contributed by atoms with E-state index in [0.717, 1.165) is 35.4 Å². The molecule has 1 aliphatic rings. The number of aryl methyl sites for hydroxylation is 1. The van der Waals surface area contributed by atoms with Gasteiger partial charge in [0.1, 0.15) is 17.9 Å². The standard InChI is InChI=1S/C17H23N3O2/c1-4-22-10-15-19-14-9-18-13-8-6-5-7-12(13)16(14)20(15)11-17(2,3)21/h6,8-9,21H,4-5,7,10-11H2,1-3H3. The lowest BCUT2D eigenvalue weighted by Crippen LogP contribution is -2.27. The highest BCUT2D eigenvalue weighted by Crippen LogP contribution is 2.28. The number of imidazole rings is 1. The summed E-state index contributed by atoms with van der Waals surface area (Å²) in [5.41, 5.74) is 3.40. The summed E-state index contributed by atoms with van der Waals surface area (Å²) in [6.45, 7) is 7.19. The minimum absolute atomic E-state index is 0.450. The molecule has 1 aliphatic carbocycles. The Morgan fingerprint density at radius 2 is 2.23 bits per heavy atom. The molecule has 0 radical (unpaired) electrons. The summed E-state index contributed by atoms with van der Waals surface area (Å²) in [5.74, 6) is 0.851. The molecule has 118 valence electrons. The zero-order valence-corrected chi connectivity index (χ0v) is 13.5. The second kappa shape index (κ2) is 5.82. The largest absolute Gasteiger partial charge is 0.389 e. The second-order valence-electron chi connectivity index (χ2n) is 6.36. The van der Waals surface area contributed by atoms with Crippen molar-refractivity contribution in [1.29, 1.82) is 0 Å². The molecule has 0 fully saturated rings. The average molecular weight is 301 g/mol. The maximum Gasteiger partial charge on any atom is 0.136 e. The Morgan fingerprint density at radius 3 is 2.95 bits per heavy atom. The molecule has 5 nitrogen and oxygen atoms in total. The topological polar surface area (TPSA) is 60.2 Å². The van der Waals surface area contributed by atoms with Gasteiger partial charge in [-0.05, 0) is 39.7 Å². The number of rotatable bonds is 5. The molecule has 3 rings (SSSR count). The number of pyridine rings is 1. The lowest BCUT2D eigenvalue weighted by Gasteiger charge is -2.21. The third kappa shape index (κ3) is 2.91. The van der Waals surface area contributed by atoms with Gasteiger partial charge >= 0.3 is 0 Å². The molecule has 0 aromatic carbocycles. The monoisotopic (exact) mass is 301 g/mol. The summed E-state index contributed by atoms with van der Waals surface area (Å²) in [5, 5.41) is 10.3. The maximum absolute atomic E-state index is 10.3. The number of hydrogen-bond donors (Lipinski definition) is 1. The van der Waals surface area contributed by atoms with E-state index in [0.29, 0.717) is 19.8 Å². The van der Waals surface area contributed by atoms with Gasteiger partial charge in [-0.2, -0.15) is 0 Å². The van der Waals surface area contributed by atoms with Crippen LogP contribution >= 0.6 is 0 Å². The first-order valence-corrected chi connectivity index (χ1v) is 7.83.